The summed E-state index contributed by atoms with van der Waals surface area (Å²) in [6.45, 7) is 1.84. The Balaban J connectivity index is 1.38. The number of aliphatic carboxylic acids is 1. The maximum absolute atomic E-state index is 12.7. The zero-order chi connectivity index (χ0) is 21.1. The molecule has 4 rings (SSSR count). The number of nitrogens with zero attached hydrogens (tertiary/aromatic N) is 7. The molecule has 0 atom stereocenters. The third-order valence-electron chi connectivity index (χ3n) is 4.66. The smallest absolute Gasteiger partial charge is 0.327 e. The van der Waals surface area contributed by atoms with Crippen LogP contribution in [0.2, 0.25) is 0 Å². The van der Waals surface area contributed by atoms with Crippen LogP contribution in [0, 0.1) is 0 Å². The number of piperazine rings is 1. The Hall–Kier alpha value is -3.96. The second kappa shape index (κ2) is 8.19. The number of ether oxygens (including phenoxy) is 1. The number of carbonyl (C=O) groups is 2. The summed E-state index contributed by atoms with van der Waals surface area (Å²) in [6, 6.07) is 8.75. The molecule has 3 heterocycles. The van der Waals surface area contributed by atoms with Gasteiger partial charge in [-0.3, -0.25) is 9.59 Å². The van der Waals surface area contributed by atoms with Gasteiger partial charge in [0.05, 0.1) is 7.11 Å². The van der Waals surface area contributed by atoms with Crippen LogP contribution in [0.15, 0.2) is 34.9 Å². The third-order valence-corrected chi connectivity index (χ3v) is 4.66. The van der Waals surface area contributed by atoms with Crippen LogP contribution in [0.5, 0.6) is 5.75 Å². The van der Waals surface area contributed by atoms with E-state index in [1.807, 2.05) is 4.90 Å². The molecule has 0 aliphatic carbocycles. The molecule has 1 saturated heterocycles. The van der Waals surface area contributed by atoms with E-state index in [4.69, 9.17) is 14.4 Å². The predicted molar refractivity (Wildman–Crippen MR) is 102 cm³/mol. The van der Waals surface area contributed by atoms with Crippen molar-refractivity contribution in [1.82, 2.24) is 30.3 Å². The van der Waals surface area contributed by atoms with Gasteiger partial charge in [-0.1, -0.05) is 11.2 Å². The zero-order valence-electron chi connectivity index (χ0n) is 16.1. The highest BCUT2D eigenvalue weighted by Gasteiger charge is 2.25. The fraction of sp³-hybridized carbons (Fsp3) is 0.333. The summed E-state index contributed by atoms with van der Waals surface area (Å²) >= 11 is 0. The molecule has 0 spiro atoms. The van der Waals surface area contributed by atoms with Crippen LogP contribution < -0.4 is 9.64 Å². The van der Waals surface area contributed by atoms with Crippen LogP contribution in [0.3, 0.4) is 0 Å². The van der Waals surface area contributed by atoms with Crippen molar-refractivity contribution in [3.8, 4) is 17.3 Å². The van der Waals surface area contributed by atoms with Gasteiger partial charge in [-0.25, -0.2) is 0 Å². The minimum atomic E-state index is -1.07. The molecule has 0 radical (unpaired) electrons. The van der Waals surface area contributed by atoms with E-state index in [0.717, 1.165) is 4.80 Å². The van der Waals surface area contributed by atoms with E-state index in [2.05, 4.69) is 20.6 Å². The molecule has 30 heavy (non-hydrogen) atoms. The summed E-state index contributed by atoms with van der Waals surface area (Å²) in [6.07, 6.45) is 0. The van der Waals surface area contributed by atoms with Gasteiger partial charge >= 0.3 is 5.97 Å². The largest absolute Gasteiger partial charge is 0.497 e. The molecular weight excluding hydrogens is 394 g/mol. The lowest BCUT2D eigenvalue weighted by molar-refractivity contribution is -0.138. The lowest BCUT2D eigenvalue weighted by Crippen LogP contribution is -2.48. The Morgan fingerprint density at radius 2 is 2.00 bits per heavy atom. The Morgan fingerprint density at radius 1 is 1.20 bits per heavy atom. The first-order valence-corrected chi connectivity index (χ1v) is 9.18. The zero-order valence-corrected chi connectivity index (χ0v) is 16.1. The molecule has 0 unspecified atom stereocenters. The maximum Gasteiger partial charge on any atom is 0.327 e. The molecule has 12 heteroatoms. The van der Waals surface area contributed by atoms with Gasteiger partial charge in [-0.05, 0) is 23.4 Å². The van der Waals surface area contributed by atoms with E-state index in [1.54, 1.807) is 42.3 Å². The first-order chi connectivity index (χ1) is 14.5. The van der Waals surface area contributed by atoms with Crippen molar-refractivity contribution in [1.29, 1.82) is 0 Å². The van der Waals surface area contributed by atoms with Crippen LogP contribution >= 0.6 is 0 Å². The lowest BCUT2D eigenvalue weighted by Gasteiger charge is -2.34. The van der Waals surface area contributed by atoms with Gasteiger partial charge in [0.1, 0.15) is 5.75 Å². The topological polar surface area (TPSA) is 140 Å². The molecule has 1 amide bonds. The standard InChI is InChI=1S/C18H19N7O5/c1-29-13-4-2-3-12(9-13)18(28)24-7-5-23(6-8-24)15-10-14(30-21-15)17-19-22-25(20-17)11-16(26)27/h2-4,9-10H,5-8,11H2,1H3,(H,26,27). The number of anilines is 1. The second-order valence-corrected chi connectivity index (χ2v) is 6.60. The van der Waals surface area contributed by atoms with Crippen molar-refractivity contribution >= 4 is 17.7 Å². The number of amides is 1. The van der Waals surface area contributed by atoms with Crippen molar-refractivity contribution in [2.45, 2.75) is 6.54 Å². The van der Waals surface area contributed by atoms with Gasteiger partial charge in [0.25, 0.3) is 5.91 Å². The fourth-order valence-corrected chi connectivity index (χ4v) is 3.13. The minimum absolute atomic E-state index is 0.0476. The number of benzene rings is 1. The summed E-state index contributed by atoms with van der Waals surface area (Å²) in [7, 11) is 1.57. The molecule has 1 aliphatic heterocycles. The van der Waals surface area contributed by atoms with Crippen LogP contribution in [0.25, 0.3) is 11.6 Å². The summed E-state index contributed by atoms with van der Waals surface area (Å²) in [5.41, 5.74) is 0.585. The number of carboxylic acids is 1. The van der Waals surface area contributed by atoms with Gasteiger partial charge in [-0.15, -0.1) is 10.2 Å². The Morgan fingerprint density at radius 3 is 2.73 bits per heavy atom. The Labute approximate surface area is 170 Å². The number of hydrogen-bond acceptors (Lipinski definition) is 9. The van der Waals surface area contributed by atoms with Crippen LogP contribution in [-0.4, -0.2) is 80.5 Å². The Kier molecular flexibility index (Phi) is 5.28. The number of methoxy groups -OCH3 is 1. The second-order valence-electron chi connectivity index (χ2n) is 6.60. The molecule has 1 N–H and O–H groups in total. The van der Waals surface area contributed by atoms with Crippen molar-refractivity contribution in [2.24, 2.45) is 0 Å². The summed E-state index contributed by atoms with van der Waals surface area (Å²) in [5, 5.41) is 24.2. The molecule has 2 aromatic heterocycles. The highest BCUT2D eigenvalue weighted by molar-refractivity contribution is 5.94. The molecule has 1 aliphatic rings. The molecule has 1 aromatic carbocycles. The molecule has 3 aromatic rings. The molecule has 1 fully saturated rings. The fourth-order valence-electron chi connectivity index (χ4n) is 3.13. The van der Waals surface area contributed by atoms with Gasteiger partial charge in [0.15, 0.2) is 12.4 Å². The quantitative estimate of drug-likeness (QED) is 0.603. The lowest BCUT2D eigenvalue weighted by atomic mass is 10.1. The normalized spacial score (nSPS) is 14.0. The van der Waals surface area contributed by atoms with Crippen LogP contribution in [0.4, 0.5) is 5.82 Å². The van der Waals surface area contributed by atoms with Crippen molar-refractivity contribution in [3.05, 3.63) is 35.9 Å². The number of carbonyl (C=O) groups excluding carboxylic acids is 1. The van der Waals surface area contributed by atoms with Crippen molar-refractivity contribution in [2.75, 3.05) is 38.2 Å². The first kappa shape index (κ1) is 19.4. The number of rotatable bonds is 6. The summed E-state index contributed by atoms with van der Waals surface area (Å²) < 4.78 is 10.5. The molecule has 0 saturated carbocycles. The van der Waals surface area contributed by atoms with E-state index in [-0.39, 0.29) is 17.5 Å². The van der Waals surface area contributed by atoms with Crippen LogP contribution in [-0.2, 0) is 11.3 Å². The van der Waals surface area contributed by atoms with E-state index in [0.29, 0.717) is 43.3 Å². The van der Waals surface area contributed by atoms with E-state index in [9.17, 15) is 9.59 Å². The molecule has 0 bridgehead atoms. The SMILES string of the molecule is COc1cccc(C(=O)N2CCN(c3cc(-c4nnn(CC(=O)O)n4)on3)CC2)c1. The van der Waals surface area contributed by atoms with Gasteiger partial charge in [0.2, 0.25) is 11.6 Å². The maximum atomic E-state index is 12.7. The van der Waals surface area contributed by atoms with Crippen molar-refractivity contribution in [3.63, 3.8) is 0 Å². The summed E-state index contributed by atoms with van der Waals surface area (Å²) in [4.78, 5) is 28.2. The highest BCUT2D eigenvalue weighted by atomic mass is 16.5. The number of carboxylic acid groups (broad SMARTS) is 1. The van der Waals surface area contributed by atoms with Crippen molar-refractivity contribution < 1.29 is 24.0 Å². The third kappa shape index (κ3) is 4.06. The van der Waals surface area contributed by atoms with Gasteiger partial charge in [0, 0.05) is 37.8 Å². The van der Waals surface area contributed by atoms with Gasteiger partial charge < -0.3 is 24.2 Å². The molecule has 156 valence electrons. The van der Waals surface area contributed by atoms with Crippen LogP contribution in [0.1, 0.15) is 10.4 Å². The molecule has 12 nitrogen and oxygen atoms in total. The van der Waals surface area contributed by atoms with E-state index < -0.39 is 12.5 Å². The predicted octanol–water partition coefficient (Wildman–Crippen LogP) is 0.384. The number of tetrazole rings is 1. The monoisotopic (exact) mass is 413 g/mol. The number of hydrogen-bond donors (Lipinski definition) is 1. The first-order valence-electron chi connectivity index (χ1n) is 9.18. The minimum Gasteiger partial charge on any atom is -0.497 e. The van der Waals surface area contributed by atoms with E-state index in [1.165, 1.54) is 0 Å². The van der Waals surface area contributed by atoms with E-state index >= 15 is 0 Å². The summed E-state index contributed by atoms with van der Waals surface area (Å²) in [5.74, 6) is 0.558. The average Bonchev–Trinajstić information content (AvgIpc) is 3.43. The highest BCUT2D eigenvalue weighted by Crippen LogP contribution is 2.23. The van der Waals surface area contributed by atoms with Gasteiger partial charge in [-0.2, -0.15) is 4.80 Å². The average molecular weight is 413 g/mol. The Bertz CT molecular complexity index is 1050. The number of aromatic nitrogens is 5. The molecular formula is C18H19N7O5.